The highest BCUT2D eigenvalue weighted by Crippen LogP contribution is 2.19. The largest absolute Gasteiger partial charge is 0.369 e. The topological polar surface area (TPSA) is 21.3 Å². The second-order valence-corrected chi connectivity index (χ2v) is 5.24. The van der Waals surface area contributed by atoms with E-state index >= 15 is 0 Å². The summed E-state index contributed by atoms with van der Waals surface area (Å²) in [6, 6.07) is 18.9. The summed E-state index contributed by atoms with van der Waals surface area (Å²) in [5, 5.41) is 3.37. The first-order valence-electron chi connectivity index (χ1n) is 7.75. The van der Waals surface area contributed by atoms with Crippen LogP contribution in [0.15, 0.2) is 54.6 Å². The van der Waals surface area contributed by atoms with Crippen LogP contribution in [0.3, 0.4) is 0 Å². The van der Waals surface area contributed by atoms with Crippen molar-refractivity contribution in [3.8, 4) is 0 Å². The molecule has 0 amide bonds. The Bertz CT molecular complexity index is 524. The lowest BCUT2D eigenvalue weighted by atomic mass is 10.0. The summed E-state index contributed by atoms with van der Waals surface area (Å²) in [7, 11) is 0. The fourth-order valence-electron chi connectivity index (χ4n) is 2.38. The molecule has 2 aromatic rings. The van der Waals surface area contributed by atoms with Crippen molar-refractivity contribution in [1.82, 2.24) is 5.32 Å². The maximum atomic E-state index is 6.04. The third-order valence-corrected chi connectivity index (χ3v) is 3.70. The minimum absolute atomic E-state index is 0.119. The van der Waals surface area contributed by atoms with Gasteiger partial charge in [0.1, 0.15) is 0 Å². The summed E-state index contributed by atoms with van der Waals surface area (Å²) in [4.78, 5) is 0. The fraction of sp³-hybridized carbons (Fsp3) is 0.368. The summed E-state index contributed by atoms with van der Waals surface area (Å²) in [5.74, 6) is 0. The van der Waals surface area contributed by atoms with E-state index in [2.05, 4.69) is 67.7 Å². The molecule has 2 aromatic carbocycles. The Labute approximate surface area is 128 Å². The number of benzene rings is 2. The van der Waals surface area contributed by atoms with Gasteiger partial charge in [0.15, 0.2) is 0 Å². The third-order valence-electron chi connectivity index (χ3n) is 3.70. The van der Waals surface area contributed by atoms with Crippen LogP contribution in [0.5, 0.6) is 0 Å². The Hall–Kier alpha value is -1.64. The van der Waals surface area contributed by atoms with Crippen LogP contribution in [0.4, 0.5) is 0 Å². The average molecular weight is 283 g/mol. The van der Waals surface area contributed by atoms with Crippen LogP contribution < -0.4 is 5.32 Å². The first-order chi connectivity index (χ1) is 10.3. The molecule has 112 valence electrons. The molecule has 1 atom stereocenters. The molecule has 1 unspecified atom stereocenters. The molecule has 0 fully saturated rings. The van der Waals surface area contributed by atoms with Crippen molar-refractivity contribution < 1.29 is 4.74 Å². The van der Waals surface area contributed by atoms with Crippen molar-refractivity contribution in [1.29, 1.82) is 0 Å². The zero-order valence-corrected chi connectivity index (χ0v) is 13.0. The molecule has 0 aromatic heterocycles. The highest BCUT2D eigenvalue weighted by molar-refractivity contribution is 5.27. The van der Waals surface area contributed by atoms with E-state index in [1.54, 1.807) is 0 Å². The molecule has 0 saturated heterocycles. The van der Waals surface area contributed by atoms with Gasteiger partial charge >= 0.3 is 0 Å². The number of hydrogen-bond acceptors (Lipinski definition) is 2. The van der Waals surface area contributed by atoms with Crippen LogP contribution in [0.2, 0.25) is 0 Å². The molecule has 0 spiro atoms. The van der Waals surface area contributed by atoms with Gasteiger partial charge in [-0.1, -0.05) is 61.5 Å². The van der Waals surface area contributed by atoms with E-state index in [1.165, 1.54) is 16.7 Å². The van der Waals surface area contributed by atoms with E-state index in [0.717, 1.165) is 19.5 Å². The Balaban J connectivity index is 1.93. The molecule has 0 aliphatic heterocycles. The van der Waals surface area contributed by atoms with Crippen LogP contribution >= 0.6 is 0 Å². The van der Waals surface area contributed by atoms with Gasteiger partial charge in [0.2, 0.25) is 0 Å². The SMILES string of the molecule is CCNCCc1ccccc1COC(C)c1ccccc1. The highest BCUT2D eigenvalue weighted by atomic mass is 16.5. The number of likely N-dealkylation sites (N-methyl/N-ethyl adjacent to an activating group) is 1. The molecular formula is C19H25NO. The predicted molar refractivity (Wildman–Crippen MR) is 88.3 cm³/mol. The van der Waals surface area contributed by atoms with Gasteiger partial charge in [-0.15, -0.1) is 0 Å². The van der Waals surface area contributed by atoms with Gasteiger partial charge in [-0.25, -0.2) is 0 Å². The molecule has 1 N–H and O–H groups in total. The predicted octanol–water partition coefficient (Wildman–Crippen LogP) is 4.12. The van der Waals surface area contributed by atoms with Crippen LogP contribution in [0.1, 0.15) is 36.6 Å². The van der Waals surface area contributed by atoms with Crippen LogP contribution in [-0.2, 0) is 17.8 Å². The minimum atomic E-state index is 0.119. The van der Waals surface area contributed by atoms with E-state index in [0.29, 0.717) is 6.61 Å². The summed E-state index contributed by atoms with van der Waals surface area (Å²) in [6.07, 6.45) is 1.17. The number of nitrogens with one attached hydrogen (secondary N) is 1. The lowest BCUT2D eigenvalue weighted by Crippen LogP contribution is -2.16. The Morgan fingerprint density at radius 2 is 1.62 bits per heavy atom. The normalized spacial score (nSPS) is 12.3. The molecule has 2 nitrogen and oxygen atoms in total. The molecule has 0 aliphatic carbocycles. The molecule has 21 heavy (non-hydrogen) atoms. The molecule has 0 saturated carbocycles. The van der Waals surface area contributed by atoms with Crippen LogP contribution in [0.25, 0.3) is 0 Å². The first-order valence-corrected chi connectivity index (χ1v) is 7.75. The quantitative estimate of drug-likeness (QED) is 0.736. The van der Waals surface area contributed by atoms with E-state index in [-0.39, 0.29) is 6.10 Å². The molecule has 0 bridgehead atoms. The molecular weight excluding hydrogens is 258 g/mol. The maximum absolute atomic E-state index is 6.04. The lowest BCUT2D eigenvalue weighted by Gasteiger charge is -2.15. The summed E-state index contributed by atoms with van der Waals surface area (Å²) < 4.78 is 6.04. The first kappa shape index (κ1) is 15.7. The second-order valence-electron chi connectivity index (χ2n) is 5.24. The van der Waals surface area contributed by atoms with E-state index in [1.807, 2.05) is 6.07 Å². The lowest BCUT2D eigenvalue weighted by molar-refractivity contribution is 0.0521. The summed E-state index contributed by atoms with van der Waals surface area (Å²) in [5.41, 5.74) is 3.89. The van der Waals surface area contributed by atoms with Gasteiger partial charge in [0.05, 0.1) is 12.7 Å². The van der Waals surface area contributed by atoms with E-state index in [4.69, 9.17) is 4.74 Å². The van der Waals surface area contributed by atoms with Crippen LogP contribution in [-0.4, -0.2) is 13.1 Å². The average Bonchev–Trinajstić information content (AvgIpc) is 2.54. The smallest absolute Gasteiger partial charge is 0.0801 e. The second kappa shape index (κ2) is 8.60. The van der Waals surface area contributed by atoms with Crippen molar-refractivity contribution in [3.63, 3.8) is 0 Å². The number of rotatable bonds is 8. The summed E-state index contributed by atoms with van der Waals surface area (Å²) in [6.45, 7) is 6.94. The van der Waals surface area contributed by atoms with Gasteiger partial charge in [0, 0.05) is 0 Å². The van der Waals surface area contributed by atoms with Crippen molar-refractivity contribution in [3.05, 3.63) is 71.3 Å². The van der Waals surface area contributed by atoms with Crippen molar-refractivity contribution in [2.45, 2.75) is 33.0 Å². The van der Waals surface area contributed by atoms with Gasteiger partial charge in [0.25, 0.3) is 0 Å². The van der Waals surface area contributed by atoms with Crippen LogP contribution in [0, 0.1) is 0 Å². The number of ether oxygens (including phenoxy) is 1. The molecule has 0 heterocycles. The van der Waals surface area contributed by atoms with Gasteiger partial charge < -0.3 is 10.1 Å². The fourth-order valence-corrected chi connectivity index (χ4v) is 2.38. The zero-order valence-electron chi connectivity index (χ0n) is 13.0. The molecule has 2 rings (SSSR count). The Morgan fingerprint density at radius 3 is 2.33 bits per heavy atom. The maximum Gasteiger partial charge on any atom is 0.0801 e. The Morgan fingerprint density at radius 1 is 0.952 bits per heavy atom. The monoisotopic (exact) mass is 283 g/mol. The van der Waals surface area contributed by atoms with Gasteiger partial charge in [-0.3, -0.25) is 0 Å². The van der Waals surface area contributed by atoms with Gasteiger partial charge in [-0.2, -0.15) is 0 Å². The minimum Gasteiger partial charge on any atom is -0.369 e. The molecule has 0 aliphatic rings. The van der Waals surface area contributed by atoms with E-state index < -0.39 is 0 Å². The standard InChI is InChI=1S/C19H25NO/c1-3-20-14-13-18-11-7-8-12-19(18)15-21-16(2)17-9-5-4-6-10-17/h4-12,16,20H,3,13-15H2,1-2H3. The van der Waals surface area contributed by atoms with Crippen molar-refractivity contribution >= 4 is 0 Å². The van der Waals surface area contributed by atoms with Crippen molar-refractivity contribution in [2.75, 3.05) is 13.1 Å². The molecule has 0 radical (unpaired) electrons. The highest BCUT2D eigenvalue weighted by Gasteiger charge is 2.07. The Kier molecular flexibility index (Phi) is 6.45. The zero-order chi connectivity index (χ0) is 14.9. The molecule has 2 heteroatoms. The van der Waals surface area contributed by atoms with Gasteiger partial charge in [-0.05, 0) is 43.1 Å². The van der Waals surface area contributed by atoms with Crippen molar-refractivity contribution in [2.24, 2.45) is 0 Å². The third kappa shape index (κ3) is 5.00. The van der Waals surface area contributed by atoms with E-state index in [9.17, 15) is 0 Å². The summed E-state index contributed by atoms with van der Waals surface area (Å²) >= 11 is 0. The number of hydrogen-bond donors (Lipinski definition) is 1.